The first-order valence-corrected chi connectivity index (χ1v) is 24.4. The van der Waals surface area contributed by atoms with Crippen LogP contribution in [0.2, 0.25) is 0 Å². The van der Waals surface area contributed by atoms with E-state index in [9.17, 15) is 0 Å². The molecule has 0 N–H and O–H groups in total. The number of para-hydroxylation sites is 4. The van der Waals surface area contributed by atoms with Gasteiger partial charge in [0.25, 0.3) is 0 Å². The van der Waals surface area contributed by atoms with Crippen LogP contribution in [-0.4, -0.2) is 4.57 Å². The van der Waals surface area contributed by atoms with Crippen LogP contribution >= 0.6 is 11.3 Å². The maximum absolute atomic E-state index is 2.43. The highest BCUT2D eigenvalue weighted by atomic mass is 32.1. The third-order valence-corrected chi connectivity index (χ3v) is 14.8. The van der Waals surface area contributed by atoms with E-state index in [0.717, 1.165) is 33.9 Å². The fourth-order valence-electron chi connectivity index (χ4n) is 10.6. The highest BCUT2D eigenvalue weighted by molar-refractivity contribution is 7.25. The number of fused-ring (bicyclic) bond motifs is 6. The van der Waals surface area contributed by atoms with Gasteiger partial charge < -0.3 is 9.47 Å². The summed E-state index contributed by atoms with van der Waals surface area (Å²) in [5.74, 6) is 0. The number of anilines is 3. The predicted octanol–water partition coefficient (Wildman–Crippen LogP) is 19.0. The number of hydrogen-bond acceptors (Lipinski definition) is 2. The van der Waals surface area contributed by atoms with E-state index < -0.39 is 0 Å². The molecule has 0 unspecified atom stereocenters. The third-order valence-electron chi connectivity index (χ3n) is 13.7. The van der Waals surface area contributed by atoms with E-state index in [4.69, 9.17) is 0 Å². The molecule has 0 aliphatic rings. The Morgan fingerprint density at radius 1 is 0.275 bits per heavy atom. The quantitative estimate of drug-likeness (QED) is 0.140. The molecule has 324 valence electrons. The average Bonchev–Trinajstić information content (AvgIpc) is 3.98. The van der Waals surface area contributed by atoms with Crippen molar-refractivity contribution in [3.63, 3.8) is 0 Å². The molecule has 0 radical (unpaired) electrons. The summed E-state index contributed by atoms with van der Waals surface area (Å²) in [7, 11) is 0. The van der Waals surface area contributed by atoms with Crippen LogP contribution in [0.3, 0.4) is 0 Å². The normalized spacial score (nSPS) is 11.5. The molecule has 0 aliphatic heterocycles. The van der Waals surface area contributed by atoms with Crippen LogP contribution < -0.4 is 4.90 Å². The SMILES string of the molecule is c1ccc(-c2ccccc2-c2ccccc2-c2ccccc2N(c2ccc(-c3ccccc3-n3c4ccccc4c4ccccc43)cc2)c2ccc(-c3cccc4sc5ccccc5c34)cc2)cc1. The van der Waals surface area contributed by atoms with E-state index in [1.807, 2.05) is 11.3 Å². The van der Waals surface area contributed by atoms with Gasteiger partial charge in [-0.1, -0.05) is 206 Å². The Balaban J connectivity index is 0.969. The molecule has 13 rings (SSSR count). The van der Waals surface area contributed by atoms with E-state index in [-0.39, 0.29) is 0 Å². The van der Waals surface area contributed by atoms with E-state index in [1.165, 1.54) is 86.5 Å². The summed E-state index contributed by atoms with van der Waals surface area (Å²) < 4.78 is 5.04. The number of benzene rings is 11. The van der Waals surface area contributed by atoms with Gasteiger partial charge in [-0.05, 0) is 105 Å². The van der Waals surface area contributed by atoms with Gasteiger partial charge in [0, 0.05) is 53.4 Å². The Morgan fingerprint density at radius 2 is 0.710 bits per heavy atom. The molecule has 0 saturated carbocycles. The number of hydrogen-bond donors (Lipinski definition) is 0. The van der Waals surface area contributed by atoms with Gasteiger partial charge in [0.05, 0.1) is 22.4 Å². The van der Waals surface area contributed by atoms with Crippen molar-refractivity contribution in [3.8, 4) is 61.3 Å². The molecule has 2 heterocycles. The summed E-state index contributed by atoms with van der Waals surface area (Å²) in [6.07, 6.45) is 0. The molecule has 0 bridgehead atoms. The van der Waals surface area contributed by atoms with Crippen molar-refractivity contribution < 1.29 is 0 Å². The summed E-state index contributed by atoms with van der Waals surface area (Å²) in [6, 6.07) is 97.4. The lowest BCUT2D eigenvalue weighted by Gasteiger charge is -2.29. The number of nitrogens with zero attached hydrogens (tertiary/aromatic N) is 2. The van der Waals surface area contributed by atoms with Gasteiger partial charge in [-0.25, -0.2) is 0 Å². The Morgan fingerprint density at radius 3 is 1.38 bits per heavy atom. The largest absolute Gasteiger partial charge is 0.310 e. The summed E-state index contributed by atoms with van der Waals surface area (Å²) in [4.78, 5) is 2.43. The van der Waals surface area contributed by atoms with Crippen molar-refractivity contribution in [1.29, 1.82) is 0 Å². The second kappa shape index (κ2) is 17.2. The lowest BCUT2D eigenvalue weighted by molar-refractivity contribution is 1.18. The molecule has 0 fully saturated rings. The van der Waals surface area contributed by atoms with Gasteiger partial charge in [-0.2, -0.15) is 0 Å². The van der Waals surface area contributed by atoms with E-state index in [0.29, 0.717) is 0 Å². The first-order chi connectivity index (χ1) is 34.3. The molecular weight excluding hydrogens is 853 g/mol. The van der Waals surface area contributed by atoms with Gasteiger partial charge in [0.1, 0.15) is 0 Å². The maximum Gasteiger partial charge on any atom is 0.0541 e. The van der Waals surface area contributed by atoms with Gasteiger partial charge in [-0.3, -0.25) is 0 Å². The summed E-state index contributed by atoms with van der Waals surface area (Å²) in [5, 5.41) is 5.13. The van der Waals surface area contributed by atoms with Crippen molar-refractivity contribution in [3.05, 3.63) is 267 Å². The van der Waals surface area contributed by atoms with Crippen LogP contribution in [0.15, 0.2) is 267 Å². The zero-order valence-electron chi connectivity index (χ0n) is 37.7. The summed E-state index contributed by atoms with van der Waals surface area (Å²) in [6.45, 7) is 0. The minimum atomic E-state index is 1.07. The number of thiophene rings is 1. The third kappa shape index (κ3) is 7.02. The highest BCUT2D eigenvalue weighted by Crippen LogP contribution is 2.47. The van der Waals surface area contributed by atoms with Crippen LogP contribution in [0.4, 0.5) is 17.1 Å². The number of aromatic nitrogens is 1. The first kappa shape index (κ1) is 40.5. The van der Waals surface area contributed by atoms with Gasteiger partial charge in [-0.15, -0.1) is 11.3 Å². The van der Waals surface area contributed by atoms with E-state index in [2.05, 4.69) is 276 Å². The monoisotopic (exact) mass is 896 g/mol. The zero-order valence-corrected chi connectivity index (χ0v) is 38.5. The van der Waals surface area contributed by atoms with Crippen molar-refractivity contribution in [2.45, 2.75) is 0 Å². The van der Waals surface area contributed by atoms with Crippen molar-refractivity contribution >= 4 is 70.4 Å². The Bertz CT molecular complexity index is 3960. The fraction of sp³-hybridized carbons (Fsp3) is 0. The molecule has 2 aromatic heterocycles. The molecule has 0 aliphatic carbocycles. The van der Waals surface area contributed by atoms with Crippen LogP contribution in [0.5, 0.6) is 0 Å². The lowest BCUT2D eigenvalue weighted by Crippen LogP contribution is -2.11. The lowest BCUT2D eigenvalue weighted by atomic mass is 9.88. The second-order valence-corrected chi connectivity index (χ2v) is 18.7. The van der Waals surface area contributed by atoms with E-state index in [1.54, 1.807) is 0 Å². The summed E-state index contributed by atoms with van der Waals surface area (Å²) >= 11 is 1.86. The molecule has 3 heteroatoms. The van der Waals surface area contributed by atoms with Gasteiger partial charge in [0.15, 0.2) is 0 Å². The summed E-state index contributed by atoms with van der Waals surface area (Å²) in [5.41, 5.74) is 18.7. The fourth-order valence-corrected chi connectivity index (χ4v) is 11.7. The predicted molar refractivity (Wildman–Crippen MR) is 296 cm³/mol. The molecular formula is C66H44N2S. The minimum absolute atomic E-state index is 1.07. The van der Waals surface area contributed by atoms with Crippen molar-refractivity contribution in [1.82, 2.24) is 4.57 Å². The van der Waals surface area contributed by atoms with Gasteiger partial charge >= 0.3 is 0 Å². The van der Waals surface area contributed by atoms with E-state index >= 15 is 0 Å². The van der Waals surface area contributed by atoms with Crippen molar-refractivity contribution in [2.75, 3.05) is 4.90 Å². The molecule has 0 atom stereocenters. The second-order valence-electron chi connectivity index (χ2n) is 17.6. The maximum atomic E-state index is 2.43. The Hall–Kier alpha value is -8.76. The van der Waals surface area contributed by atoms with Crippen LogP contribution in [0.25, 0.3) is 103 Å². The standard InChI is InChI=1S/C66H44N2S/c1-2-19-45(20-3-1)50-21-4-5-23-53(50)54-24-6-7-25-55(54)56-26-9-14-32-61(56)67(49-43-39-47(40-44-49)52-30-18-36-65-66(52)59-29-12-17-35-64(59)69-65)48-41-37-46(38-42-48)51-22-8-13-31-60(51)68-62-33-15-10-27-57(62)58-28-11-16-34-63(58)68/h1-44H. The highest BCUT2D eigenvalue weighted by Gasteiger charge is 2.22. The first-order valence-electron chi connectivity index (χ1n) is 23.6. The molecule has 0 amide bonds. The molecule has 69 heavy (non-hydrogen) atoms. The number of rotatable bonds is 9. The Kier molecular flexibility index (Phi) is 10.1. The molecule has 13 aromatic rings. The van der Waals surface area contributed by atoms with Crippen LogP contribution in [0.1, 0.15) is 0 Å². The Labute approximate surface area is 405 Å². The minimum Gasteiger partial charge on any atom is -0.310 e. The molecule has 2 nitrogen and oxygen atoms in total. The van der Waals surface area contributed by atoms with Gasteiger partial charge in [0.2, 0.25) is 0 Å². The van der Waals surface area contributed by atoms with Crippen LogP contribution in [0, 0.1) is 0 Å². The smallest absolute Gasteiger partial charge is 0.0541 e. The molecule has 11 aromatic carbocycles. The zero-order chi connectivity index (χ0) is 45.7. The average molecular weight is 897 g/mol. The topological polar surface area (TPSA) is 8.17 Å². The molecule has 0 saturated heterocycles. The van der Waals surface area contributed by atoms with Crippen molar-refractivity contribution in [2.24, 2.45) is 0 Å². The molecule has 0 spiro atoms. The van der Waals surface area contributed by atoms with Crippen LogP contribution in [-0.2, 0) is 0 Å².